The number of nitro groups is 1. The highest BCUT2D eigenvalue weighted by molar-refractivity contribution is 6.09. The maximum absolute atomic E-state index is 12.5. The molecule has 0 aliphatic rings. The maximum atomic E-state index is 12.5. The van der Waals surface area contributed by atoms with Crippen molar-refractivity contribution in [3.8, 4) is 0 Å². The number of carboxylic acid groups (broad SMARTS) is 1. The first kappa shape index (κ1) is 15.4. The Labute approximate surface area is 126 Å². The van der Waals surface area contributed by atoms with Crippen molar-refractivity contribution in [2.75, 3.05) is 0 Å². The molecule has 7 heteroatoms. The Morgan fingerprint density at radius 2 is 1.86 bits per heavy atom. The standard InChI is InChI=1S/C15H14N2O5/c1-9-7-12(8-13(18)19)16(2)14(9)15(20)10-3-5-11(6-4-10)17(21)22/h3-7H,8H2,1-2H3,(H,18,19). The van der Waals surface area contributed by atoms with Gasteiger partial charge in [0.1, 0.15) is 0 Å². The second kappa shape index (κ2) is 5.80. The summed E-state index contributed by atoms with van der Waals surface area (Å²) in [4.78, 5) is 33.4. The Balaban J connectivity index is 2.39. The van der Waals surface area contributed by atoms with Crippen molar-refractivity contribution in [2.45, 2.75) is 13.3 Å². The third-order valence-electron chi connectivity index (χ3n) is 3.41. The zero-order valence-corrected chi connectivity index (χ0v) is 12.1. The number of carbonyl (C=O) groups is 2. The molecule has 114 valence electrons. The maximum Gasteiger partial charge on any atom is 0.309 e. The zero-order chi connectivity index (χ0) is 16.4. The van der Waals surface area contributed by atoms with Gasteiger partial charge in [-0.3, -0.25) is 19.7 Å². The molecule has 0 radical (unpaired) electrons. The monoisotopic (exact) mass is 302 g/mol. The topological polar surface area (TPSA) is 102 Å². The van der Waals surface area contributed by atoms with Gasteiger partial charge in [-0.2, -0.15) is 0 Å². The molecule has 0 amide bonds. The smallest absolute Gasteiger partial charge is 0.309 e. The average molecular weight is 302 g/mol. The van der Waals surface area contributed by atoms with Crippen molar-refractivity contribution in [1.82, 2.24) is 4.57 Å². The second-order valence-electron chi connectivity index (χ2n) is 4.93. The number of aliphatic carboxylic acids is 1. The number of aryl methyl sites for hydroxylation is 1. The van der Waals surface area contributed by atoms with E-state index >= 15 is 0 Å². The van der Waals surface area contributed by atoms with Crippen molar-refractivity contribution >= 4 is 17.4 Å². The van der Waals surface area contributed by atoms with Gasteiger partial charge < -0.3 is 9.67 Å². The molecular weight excluding hydrogens is 288 g/mol. The van der Waals surface area contributed by atoms with Crippen LogP contribution in [0, 0.1) is 17.0 Å². The van der Waals surface area contributed by atoms with Crippen LogP contribution in [0.2, 0.25) is 0 Å². The minimum absolute atomic E-state index is 0.0910. The Kier molecular flexibility index (Phi) is 4.07. The lowest BCUT2D eigenvalue weighted by atomic mass is 10.1. The van der Waals surface area contributed by atoms with Crippen molar-refractivity contribution in [2.24, 2.45) is 7.05 Å². The molecule has 0 fully saturated rings. The summed E-state index contributed by atoms with van der Waals surface area (Å²) in [6.45, 7) is 1.73. The van der Waals surface area contributed by atoms with Crippen molar-refractivity contribution in [3.05, 3.63) is 63.0 Å². The van der Waals surface area contributed by atoms with Crippen LogP contribution in [0.3, 0.4) is 0 Å². The minimum atomic E-state index is -0.977. The summed E-state index contributed by atoms with van der Waals surface area (Å²) in [5.74, 6) is -1.28. The van der Waals surface area contributed by atoms with Gasteiger partial charge in [0.2, 0.25) is 5.78 Å². The molecule has 0 saturated carbocycles. The Hall–Kier alpha value is -2.96. The van der Waals surface area contributed by atoms with Crippen molar-refractivity contribution in [3.63, 3.8) is 0 Å². The lowest BCUT2D eigenvalue weighted by Gasteiger charge is -2.07. The third kappa shape index (κ3) is 2.88. The largest absolute Gasteiger partial charge is 0.481 e. The minimum Gasteiger partial charge on any atom is -0.481 e. The predicted molar refractivity (Wildman–Crippen MR) is 78.0 cm³/mol. The van der Waals surface area contributed by atoms with Gasteiger partial charge in [-0.15, -0.1) is 0 Å². The van der Waals surface area contributed by atoms with Crippen LogP contribution in [0.5, 0.6) is 0 Å². The summed E-state index contributed by atoms with van der Waals surface area (Å²) in [5.41, 5.74) is 1.80. The quantitative estimate of drug-likeness (QED) is 0.517. The molecule has 1 aromatic carbocycles. The van der Waals surface area contributed by atoms with Gasteiger partial charge in [-0.25, -0.2) is 0 Å². The van der Waals surface area contributed by atoms with Gasteiger partial charge in [0.25, 0.3) is 5.69 Å². The van der Waals surface area contributed by atoms with Gasteiger partial charge >= 0.3 is 5.97 Å². The number of ketones is 1. The van der Waals surface area contributed by atoms with E-state index in [1.165, 1.54) is 24.3 Å². The van der Waals surface area contributed by atoms with E-state index < -0.39 is 10.9 Å². The number of non-ortho nitro benzene ring substituents is 1. The van der Waals surface area contributed by atoms with Crippen molar-refractivity contribution in [1.29, 1.82) is 0 Å². The molecule has 2 aromatic rings. The van der Waals surface area contributed by atoms with Crippen LogP contribution in [0.1, 0.15) is 27.3 Å². The zero-order valence-electron chi connectivity index (χ0n) is 12.1. The number of nitro benzene ring substituents is 1. The molecule has 7 nitrogen and oxygen atoms in total. The van der Waals surface area contributed by atoms with Crippen LogP contribution >= 0.6 is 0 Å². The molecule has 22 heavy (non-hydrogen) atoms. The van der Waals surface area contributed by atoms with Gasteiger partial charge in [0.05, 0.1) is 17.0 Å². The fourth-order valence-electron chi connectivity index (χ4n) is 2.35. The normalized spacial score (nSPS) is 10.5. The van der Waals surface area contributed by atoms with Crippen LogP contribution in [0.15, 0.2) is 30.3 Å². The first-order valence-electron chi connectivity index (χ1n) is 6.47. The summed E-state index contributed by atoms with van der Waals surface area (Å²) in [5, 5.41) is 19.5. The molecule has 2 rings (SSSR count). The first-order valence-corrected chi connectivity index (χ1v) is 6.47. The fourth-order valence-corrected chi connectivity index (χ4v) is 2.35. The van der Waals surface area contributed by atoms with E-state index in [-0.39, 0.29) is 17.9 Å². The summed E-state index contributed by atoms with van der Waals surface area (Å²) >= 11 is 0. The number of carbonyl (C=O) groups excluding carboxylic acids is 1. The summed E-state index contributed by atoms with van der Waals surface area (Å²) < 4.78 is 1.55. The molecule has 1 heterocycles. The second-order valence-corrected chi connectivity index (χ2v) is 4.93. The molecule has 0 aliphatic carbocycles. The summed E-state index contributed by atoms with van der Waals surface area (Å²) in [7, 11) is 1.63. The highest BCUT2D eigenvalue weighted by atomic mass is 16.6. The number of rotatable bonds is 5. The Morgan fingerprint density at radius 3 is 2.36 bits per heavy atom. The van der Waals surface area contributed by atoms with E-state index in [0.29, 0.717) is 22.5 Å². The van der Waals surface area contributed by atoms with E-state index in [1.54, 1.807) is 24.6 Å². The van der Waals surface area contributed by atoms with Crippen LogP contribution in [0.25, 0.3) is 0 Å². The first-order chi connectivity index (χ1) is 10.3. The van der Waals surface area contributed by atoms with Crippen LogP contribution in [0.4, 0.5) is 5.69 Å². The molecule has 0 unspecified atom stereocenters. The lowest BCUT2D eigenvalue weighted by Crippen LogP contribution is -2.12. The Morgan fingerprint density at radius 1 is 1.27 bits per heavy atom. The SMILES string of the molecule is Cc1cc(CC(=O)O)n(C)c1C(=O)c1ccc([N+](=O)[O-])cc1. The van der Waals surface area contributed by atoms with Gasteiger partial charge in [0, 0.05) is 30.4 Å². The number of nitrogens with zero attached hydrogens (tertiary/aromatic N) is 2. The molecule has 0 bridgehead atoms. The Bertz CT molecular complexity index is 759. The molecule has 1 aromatic heterocycles. The van der Waals surface area contributed by atoms with Gasteiger partial charge in [-0.1, -0.05) is 0 Å². The highest BCUT2D eigenvalue weighted by Crippen LogP contribution is 2.20. The van der Waals surface area contributed by atoms with Gasteiger partial charge in [0.15, 0.2) is 0 Å². The van der Waals surface area contributed by atoms with Crippen LogP contribution in [-0.4, -0.2) is 26.3 Å². The number of carboxylic acids is 1. The van der Waals surface area contributed by atoms with Crippen LogP contribution < -0.4 is 0 Å². The van der Waals surface area contributed by atoms with Gasteiger partial charge in [-0.05, 0) is 30.7 Å². The van der Waals surface area contributed by atoms with Crippen molar-refractivity contribution < 1.29 is 19.6 Å². The van der Waals surface area contributed by atoms with E-state index in [2.05, 4.69) is 0 Å². The molecule has 1 N–H and O–H groups in total. The van der Waals surface area contributed by atoms with E-state index in [1.807, 2.05) is 0 Å². The number of hydrogen-bond donors (Lipinski definition) is 1. The van der Waals surface area contributed by atoms with E-state index in [4.69, 9.17) is 5.11 Å². The van der Waals surface area contributed by atoms with E-state index in [9.17, 15) is 19.7 Å². The fraction of sp³-hybridized carbons (Fsp3) is 0.200. The molecule has 0 saturated heterocycles. The summed E-state index contributed by atoms with van der Waals surface area (Å²) in [6, 6.07) is 6.98. The third-order valence-corrected chi connectivity index (χ3v) is 3.41. The molecular formula is C15H14N2O5. The molecule has 0 spiro atoms. The molecule has 0 aliphatic heterocycles. The number of benzene rings is 1. The van der Waals surface area contributed by atoms with E-state index in [0.717, 1.165) is 0 Å². The average Bonchev–Trinajstić information content (AvgIpc) is 2.72. The highest BCUT2D eigenvalue weighted by Gasteiger charge is 2.20. The lowest BCUT2D eigenvalue weighted by molar-refractivity contribution is -0.384. The summed E-state index contributed by atoms with van der Waals surface area (Å²) in [6.07, 6.45) is -0.176. The molecule has 0 atom stereocenters. The number of hydrogen-bond acceptors (Lipinski definition) is 4. The van der Waals surface area contributed by atoms with Crippen LogP contribution in [-0.2, 0) is 18.3 Å². The number of aromatic nitrogens is 1. The predicted octanol–water partition coefficient (Wildman–Crippen LogP) is 2.10.